The number of hydrogen-bond acceptors (Lipinski definition) is 3. The van der Waals surface area contributed by atoms with Gasteiger partial charge in [-0.15, -0.1) is 0 Å². The molecule has 1 N–H and O–H groups in total. The largest absolute Gasteiger partial charge is 0.349 e. The number of fused-ring (bicyclic) bond motifs is 3. The Bertz CT molecular complexity index is 902. The lowest BCUT2D eigenvalue weighted by Gasteiger charge is -2.18. The molecule has 1 aliphatic heterocycles. The van der Waals surface area contributed by atoms with E-state index in [4.69, 9.17) is 0 Å². The Labute approximate surface area is 125 Å². The molecule has 3 heterocycles. The van der Waals surface area contributed by atoms with Gasteiger partial charge in [0.05, 0.1) is 5.52 Å². The highest BCUT2D eigenvalue weighted by molar-refractivity contribution is 6.06. The van der Waals surface area contributed by atoms with E-state index in [1.165, 1.54) is 18.5 Å². The van der Waals surface area contributed by atoms with E-state index in [9.17, 15) is 9.18 Å². The van der Waals surface area contributed by atoms with Crippen molar-refractivity contribution in [3.8, 4) is 11.1 Å². The van der Waals surface area contributed by atoms with Gasteiger partial charge in [-0.1, -0.05) is 0 Å². The van der Waals surface area contributed by atoms with Crippen molar-refractivity contribution in [2.45, 2.75) is 13.5 Å². The van der Waals surface area contributed by atoms with E-state index in [1.54, 1.807) is 12.4 Å². The van der Waals surface area contributed by atoms with E-state index in [1.807, 2.05) is 11.5 Å². The van der Waals surface area contributed by atoms with Gasteiger partial charge < -0.3 is 9.88 Å². The van der Waals surface area contributed by atoms with Crippen LogP contribution in [0.5, 0.6) is 0 Å². The van der Waals surface area contributed by atoms with Crippen molar-refractivity contribution in [1.29, 1.82) is 0 Å². The molecule has 6 heteroatoms. The average Bonchev–Trinajstić information content (AvgIpc) is 2.82. The van der Waals surface area contributed by atoms with E-state index in [0.717, 1.165) is 22.0 Å². The Kier molecular flexibility index (Phi) is 2.72. The second-order valence-electron chi connectivity index (χ2n) is 5.36. The maximum Gasteiger partial charge on any atom is 0.268 e. The molecule has 4 rings (SSSR count). The Morgan fingerprint density at radius 2 is 2.05 bits per heavy atom. The molecule has 0 unspecified atom stereocenters. The van der Waals surface area contributed by atoms with Crippen molar-refractivity contribution in [3.63, 3.8) is 0 Å². The fourth-order valence-corrected chi connectivity index (χ4v) is 3.16. The number of hydrogen-bond donors (Lipinski definition) is 1. The number of aromatic nitrogens is 3. The second-order valence-corrected chi connectivity index (χ2v) is 5.36. The molecule has 0 radical (unpaired) electrons. The summed E-state index contributed by atoms with van der Waals surface area (Å²) in [6, 6.07) is 2.96. The summed E-state index contributed by atoms with van der Waals surface area (Å²) >= 11 is 0. The number of carbonyl (C=O) groups is 1. The van der Waals surface area contributed by atoms with Gasteiger partial charge in [-0.3, -0.25) is 4.79 Å². The predicted molar refractivity (Wildman–Crippen MR) is 80.0 cm³/mol. The van der Waals surface area contributed by atoms with Crippen molar-refractivity contribution in [1.82, 2.24) is 19.9 Å². The molecule has 22 heavy (non-hydrogen) atoms. The SMILES string of the molecule is Cc1c2n(c3c(-c4cncnc4)cc(F)cc13)CCNC2=O. The molecule has 0 spiro atoms. The van der Waals surface area contributed by atoms with Gasteiger partial charge >= 0.3 is 0 Å². The third kappa shape index (κ3) is 1.73. The Hall–Kier alpha value is -2.76. The van der Waals surface area contributed by atoms with Crippen LogP contribution in [-0.4, -0.2) is 27.0 Å². The van der Waals surface area contributed by atoms with Gasteiger partial charge in [0.25, 0.3) is 5.91 Å². The zero-order valence-electron chi connectivity index (χ0n) is 11.9. The molecule has 0 aliphatic carbocycles. The fourth-order valence-electron chi connectivity index (χ4n) is 3.16. The third-order valence-corrected chi connectivity index (χ3v) is 4.08. The minimum atomic E-state index is -0.335. The first-order valence-electron chi connectivity index (χ1n) is 7.02. The first-order chi connectivity index (χ1) is 10.7. The predicted octanol–water partition coefficient (Wildman–Crippen LogP) is 2.29. The van der Waals surface area contributed by atoms with E-state index < -0.39 is 0 Å². The Morgan fingerprint density at radius 3 is 2.82 bits per heavy atom. The van der Waals surface area contributed by atoms with Crippen molar-refractivity contribution < 1.29 is 9.18 Å². The highest BCUT2D eigenvalue weighted by Gasteiger charge is 2.25. The molecule has 0 bridgehead atoms. The zero-order chi connectivity index (χ0) is 15.3. The molecular formula is C16H13FN4O. The number of halogens is 1. The summed E-state index contributed by atoms with van der Waals surface area (Å²) in [6.45, 7) is 3.08. The molecule has 0 saturated carbocycles. The molecular weight excluding hydrogens is 283 g/mol. The zero-order valence-corrected chi connectivity index (χ0v) is 11.9. The summed E-state index contributed by atoms with van der Waals surface area (Å²) < 4.78 is 16.0. The number of aryl methyl sites for hydroxylation is 1. The van der Waals surface area contributed by atoms with Crippen LogP contribution in [-0.2, 0) is 6.54 Å². The van der Waals surface area contributed by atoms with Gasteiger partial charge in [0.15, 0.2) is 0 Å². The lowest BCUT2D eigenvalue weighted by molar-refractivity contribution is 0.0928. The number of carbonyl (C=O) groups excluding carboxylic acids is 1. The number of nitrogens with one attached hydrogen (secondary N) is 1. The smallest absolute Gasteiger partial charge is 0.268 e. The maximum absolute atomic E-state index is 14.1. The van der Waals surface area contributed by atoms with Crippen LogP contribution in [0.3, 0.4) is 0 Å². The van der Waals surface area contributed by atoms with Crippen LogP contribution < -0.4 is 5.32 Å². The number of rotatable bonds is 1. The lowest BCUT2D eigenvalue weighted by atomic mass is 10.0. The van der Waals surface area contributed by atoms with E-state index in [-0.39, 0.29) is 11.7 Å². The van der Waals surface area contributed by atoms with Gasteiger partial charge in [-0.25, -0.2) is 14.4 Å². The summed E-state index contributed by atoms with van der Waals surface area (Å²) in [6.07, 6.45) is 4.74. The molecule has 0 saturated heterocycles. The van der Waals surface area contributed by atoms with E-state index in [2.05, 4.69) is 15.3 Å². The fraction of sp³-hybridized carbons (Fsp3) is 0.188. The van der Waals surface area contributed by atoms with Crippen LogP contribution >= 0.6 is 0 Å². The summed E-state index contributed by atoms with van der Waals surface area (Å²) in [5.41, 5.74) is 3.70. The molecule has 0 atom stereocenters. The number of nitrogens with zero attached hydrogens (tertiary/aromatic N) is 3. The first kappa shape index (κ1) is 12.9. The molecule has 3 aromatic rings. The highest BCUT2D eigenvalue weighted by Crippen LogP contribution is 2.35. The van der Waals surface area contributed by atoms with Crippen LogP contribution in [0, 0.1) is 12.7 Å². The van der Waals surface area contributed by atoms with Crippen LogP contribution in [0.2, 0.25) is 0 Å². The van der Waals surface area contributed by atoms with E-state index in [0.29, 0.717) is 24.3 Å². The minimum Gasteiger partial charge on any atom is -0.349 e. The topological polar surface area (TPSA) is 59.8 Å². The second kappa shape index (κ2) is 4.62. The normalized spacial score (nSPS) is 14.0. The van der Waals surface area contributed by atoms with Gasteiger partial charge in [0.2, 0.25) is 0 Å². The first-order valence-corrected chi connectivity index (χ1v) is 7.02. The third-order valence-electron chi connectivity index (χ3n) is 4.08. The van der Waals surface area contributed by atoms with Crippen LogP contribution in [0.1, 0.15) is 16.1 Å². The molecule has 110 valence electrons. The number of amides is 1. The molecule has 5 nitrogen and oxygen atoms in total. The quantitative estimate of drug-likeness (QED) is 0.749. The van der Waals surface area contributed by atoms with Crippen molar-refractivity contribution in [2.24, 2.45) is 0 Å². The molecule has 0 fully saturated rings. The highest BCUT2D eigenvalue weighted by atomic mass is 19.1. The standard InChI is InChI=1S/C16H13FN4O/c1-9-12-4-11(17)5-13(10-6-18-8-19-7-10)15(12)21-3-2-20-16(22)14(9)21/h4-8H,2-3H2,1H3,(H,20,22). The van der Waals surface area contributed by atoms with Gasteiger partial charge in [-0.2, -0.15) is 0 Å². The Morgan fingerprint density at radius 1 is 1.27 bits per heavy atom. The monoisotopic (exact) mass is 296 g/mol. The molecule has 1 aliphatic rings. The summed E-state index contributed by atoms with van der Waals surface area (Å²) in [7, 11) is 0. The Balaban J connectivity index is 2.14. The van der Waals surface area contributed by atoms with E-state index >= 15 is 0 Å². The average molecular weight is 296 g/mol. The van der Waals surface area contributed by atoms with Gasteiger partial charge in [-0.05, 0) is 24.6 Å². The van der Waals surface area contributed by atoms with Crippen molar-refractivity contribution in [3.05, 3.63) is 47.9 Å². The molecule has 2 aromatic heterocycles. The molecule has 1 aromatic carbocycles. The van der Waals surface area contributed by atoms with Crippen LogP contribution in [0.25, 0.3) is 22.0 Å². The minimum absolute atomic E-state index is 0.115. The van der Waals surface area contributed by atoms with Gasteiger partial charge in [0, 0.05) is 42.0 Å². The summed E-state index contributed by atoms with van der Waals surface area (Å²) in [5, 5.41) is 3.59. The molecule has 1 amide bonds. The van der Waals surface area contributed by atoms with Gasteiger partial charge in [0.1, 0.15) is 17.8 Å². The van der Waals surface area contributed by atoms with Crippen LogP contribution in [0.15, 0.2) is 30.9 Å². The van der Waals surface area contributed by atoms with Crippen LogP contribution in [0.4, 0.5) is 4.39 Å². The maximum atomic E-state index is 14.1. The number of benzene rings is 1. The van der Waals surface area contributed by atoms with Crippen molar-refractivity contribution in [2.75, 3.05) is 6.54 Å². The summed E-state index contributed by atoms with van der Waals surface area (Å²) in [4.78, 5) is 20.2. The van der Waals surface area contributed by atoms with Crippen molar-refractivity contribution >= 4 is 16.8 Å². The summed E-state index contributed by atoms with van der Waals surface area (Å²) in [5.74, 6) is -0.451. The lowest BCUT2D eigenvalue weighted by Crippen LogP contribution is -2.35.